The second-order valence-corrected chi connectivity index (χ2v) is 17.1. The number of allylic oxidation sites excluding steroid dienone is 3. The normalized spacial score (nSPS) is 32.4. The molecule has 3 heterocycles. The molecule has 0 saturated carbocycles. The van der Waals surface area contributed by atoms with Crippen LogP contribution in [0.15, 0.2) is 35.9 Å². The van der Waals surface area contributed by atoms with Crippen LogP contribution in [0.25, 0.3) is 0 Å². The van der Waals surface area contributed by atoms with E-state index in [-0.39, 0.29) is 35.8 Å². The summed E-state index contributed by atoms with van der Waals surface area (Å²) in [7, 11) is 3.17. The minimum atomic E-state index is -1.60. The van der Waals surface area contributed by atoms with E-state index in [0.29, 0.717) is 23.6 Å². The number of amides is 3. The molecule has 0 aliphatic carbocycles. The first-order chi connectivity index (χ1) is 23.6. The number of carbonyl (C=O) groups excluding carboxylic acids is 4. The Morgan fingerprint density at radius 1 is 1.25 bits per heavy atom. The fraction of sp³-hybridized carbons (Fsp3) is 0.632. The van der Waals surface area contributed by atoms with Gasteiger partial charge in [0.1, 0.15) is 29.6 Å². The third-order valence-electron chi connectivity index (χ3n) is 10.6. The molecule has 2 N–H and O–H groups in total. The number of alkyl carbamates (subject to hydrolysis) is 1. The van der Waals surface area contributed by atoms with E-state index >= 15 is 0 Å². The van der Waals surface area contributed by atoms with Gasteiger partial charge in [0.25, 0.3) is 0 Å². The molecule has 0 aromatic heterocycles. The van der Waals surface area contributed by atoms with E-state index < -0.39 is 59.6 Å². The van der Waals surface area contributed by atoms with E-state index in [1.165, 1.54) is 9.80 Å². The minimum absolute atomic E-state index is 0.0762. The quantitative estimate of drug-likeness (QED) is 0.185. The summed E-state index contributed by atoms with van der Waals surface area (Å²) in [6, 6.07) is 2.89. The number of hydrogen-bond acceptors (Lipinski definition) is 9. The zero-order valence-electron chi connectivity index (χ0n) is 31.4. The Labute approximate surface area is 312 Å². The highest BCUT2D eigenvalue weighted by atomic mass is 35.5. The predicted molar refractivity (Wildman–Crippen MR) is 200 cm³/mol. The van der Waals surface area contributed by atoms with Crippen LogP contribution in [0, 0.1) is 18.8 Å². The molecule has 0 spiro atoms. The highest BCUT2D eigenvalue weighted by Gasteiger charge is 2.64. The van der Waals surface area contributed by atoms with Crippen LogP contribution >= 0.6 is 24.2 Å². The Bertz CT molecular complexity index is 1590. The van der Waals surface area contributed by atoms with Gasteiger partial charge in [0.2, 0.25) is 11.8 Å². The van der Waals surface area contributed by atoms with Crippen molar-refractivity contribution < 1.29 is 38.5 Å². The molecule has 0 radical (unpaired) electrons. The smallest absolute Gasteiger partial charge is 0.409 e. The summed E-state index contributed by atoms with van der Waals surface area (Å²) < 4.78 is 17.7. The molecule has 11 nitrogen and oxygen atoms in total. The molecule has 282 valence electrons. The number of esters is 1. The topological polar surface area (TPSA) is 138 Å². The van der Waals surface area contributed by atoms with E-state index in [2.05, 4.69) is 17.9 Å². The van der Waals surface area contributed by atoms with Crippen molar-refractivity contribution in [3.8, 4) is 0 Å². The molecular formula is C38H54ClN3O8S. The van der Waals surface area contributed by atoms with Gasteiger partial charge in [-0.1, -0.05) is 69.2 Å². The molecule has 3 amide bonds. The van der Waals surface area contributed by atoms with Gasteiger partial charge in [-0.2, -0.15) is 12.6 Å². The maximum atomic E-state index is 14.1. The van der Waals surface area contributed by atoms with Crippen molar-refractivity contribution in [2.45, 2.75) is 128 Å². The van der Waals surface area contributed by atoms with Crippen LogP contribution < -0.4 is 10.2 Å². The number of carbonyl (C=O) groups is 4. The summed E-state index contributed by atoms with van der Waals surface area (Å²) in [6.07, 6.45) is 3.57. The molecule has 51 heavy (non-hydrogen) atoms. The Balaban J connectivity index is 1.71. The number of nitrogens with one attached hydrogen (secondary N) is 1. The molecule has 8 atom stereocenters. The van der Waals surface area contributed by atoms with Crippen molar-refractivity contribution >= 4 is 53.8 Å². The fourth-order valence-corrected chi connectivity index (χ4v) is 7.10. The largest absolute Gasteiger partial charge is 0.457 e. The highest BCUT2D eigenvalue weighted by Crippen LogP contribution is 2.49. The van der Waals surface area contributed by atoms with Gasteiger partial charge in [-0.15, -0.1) is 0 Å². The summed E-state index contributed by atoms with van der Waals surface area (Å²) >= 11 is 11.3. The average molecular weight is 748 g/mol. The fourth-order valence-electron chi connectivity index (χ4n) is 6.75. The van der Waals surface area contributed by atoms with Crippen LogP contribution in [0.1, 0.15) is 85.3 Å². The Kier molecular flexibility index (Phi) is 12.4. The Morgan fingerprint density at radius 3 is 2.57 bits per heavy atom. The first-order valence-corrected chi connectivity index (χ1v) is 18.4. The number of benzene rings is 1. The first kappa shape index (κ1) is 40.7. The van der Waals surface area contributed by atoms with Crippen molar-refractivity contribution in [1.82, 2.24) is 10.2 Å². The zero-order chi connectivity index (χ0) is 38.2. The van der Waals surface area contributed by atoms with Gasteiger partial charge in [0.15, 0.2) is 0 Å². The van der Waals surface area contributed by atoms with Gasteiger partial charge in [0.05, 0.1) is 23.2 Å². The van der Waals surface area contributed by atoms with E-state index in [1.54, 1.807) is 27.9 Å². The number of epoxide rings is 1. The number of aliphatic hydroxyl groups is 1. The lowest BCUT2D eigenvalue weighted by molar-refractivity contribution is -0.162. The summed E-state index contributed by atoms with van der Waals surface area (Å²) in [5.41, 5.74) is 0.530. The van der Waals surface area contributed by atoms with Crippen LogP contribution in [0.5, 0.6) is 0 Å². The second-order valence-electron chi connectivity index (χ2n) is 15.5. The number of anilines is 1. The monoisotopic (exact) mass is 747 g/mol. The summed E-state index contributed by atoms with van der Waals surface area (Å²) in [6.45, 7) is 14.7. The minimum Gasteiger partial charge on any atom is -0.457 e. The van der Waals surface area contributed by atoms with Crippen molar-refractivity contribution in [3.63, 3.8) is 0 Å². The lowest BCUT2D eigenvalue weighted by atomic mass is 9.82. The van der Waals surface area contributed by atoms with Gasteiger partial charge in [-0.25, -0.2) is 9.59 Å². The van der Waals surface area contributed by atoms with Crippen molar-refractivity contribution in [2.24, 2.45) is 11.8 Å². The molecule has 3 aliphatic heterocycles. The number of ether oxygens (including phenoxy) is 3. The van der Waals surface area contributed by atoms with Crippen molar-refractivity contribution in [3.05, 3.63) is 52.1 Å². The molecule has 1 aromatic rings. The van der Waals surface area contributed by atoms with Crippen LogP contribution in [0.4, 0.5) is 10.5 Å². The number of rotatable bonds is 6. The third kappa shape index (κ3) is 9.49. The molecule has 2 fully saturated rings. The van der Waals surface area contributed by atoms with Gasteiger partial charge < -0.3 is 29.1 Å². The zero-order valence-corrected chi connectivity index (χ0v) is 33.1. The molecule has 2 saturated heterocycles. The van der Waals surface area contributed by atoms with Gasteiger partial charge in [0, 0.05) is 43.5 Å². The molecule has 7 unspecified atom stereocenters. The van der Waals surface area contributed by atoms with E-state index in [4.69, 9.17) is 25.8 Å². The number of nitrogens with zero attached hydrogens (tertiary/aromatic N) is 2. The third-order valence-corrected chi connectivity index (χ3v) is 11.3. The molecule has 4 rings (SSSR count). The lowest BCUT2D eigenvalue weighted by Crippen LogP contribution is -2.60. The summed E-state index contributed by atoms with van der Waals surface area (Å²) in [4.78, 5) is 56.3. The standard InChI is InChI=1S/C38H54ClN3O8S/c1-21-12-11-13-23(3)38(47)20-28(48-35(46)40-38)24(4)33-37(8,50-33)29(49-34(45)25(5)41(9)30(43)14-15-36(6,7)51)19-31(44)42(10)27-18-26(16-21)17-22(2)32(27)39/h11-13,17-18,23-25,28-29,33,47,51H,14-16,19-20H2,1-10H3,(H,40,46)/b13-11+,21-12+/t23?,24?,25-,28?,29?,33?,37?,38?/m0/s1. The number of aryl methyl sites for hydroxylation is 1. The number of hydrogen-bond donors (Lipinski definition) is 3. The van der Waals surface area contributed by atoms with Crippen LogP contribution in [0.3, 0.4) is 0 Å². The Hall–Kier alpha value is -3.06. The number of halogens is 1. The van der Waals surface area contributed by atoms with Crippen molar-refractivity contribution in [1.29, 1.82) is 0 Å². The number of fused-ring (bicyclic) bond motifs is 5. The molecular weight excluding hydrogens is 694 g/mol. The summed E-state index contributed by atoms with van der Waals surface area (Å²) in [5.74, 6) is -2.23. The van der Waals surface area contributed by atoms with Gasteiger partial charge >= 0.3 is 12.1 Å². The molecule has 4 bridgehead atoms. The first-order valence-electron chi connectivity index (χ1n) is 17.5. The average Bonchev–Trinajstić information content (AvgIpc) is 3.74. The van der Waals surface area contributed by atoms with Gasteiger partial charge in [-0.05, 0) is 57.7 Å². The number of likely N-dealkylation sites (N-methyl/N-ethyl adjacent to an activating group) is 1. The maximum Gasteiger partial charge on any atom is 0.409 e. The van der Waals surface area contributed by atoms with E-state index in [0.717, 1.165) is 16.7 Å². The van der Waals surface area contributed by atoms with Crippen LogP contribution in [-0.2, 0) is 35.0 Å². The molecule has 3 aliphatic rings. The maximum absolute atomic E-state index is 14.1. The van der Waals surface area contributed by atoms with Crippen LogP contribution in [-0.4, -0.2) is 88.4 Å². The highest BCUT2D eigenvalue weighted by molar-refractivity contribution is 7.81. The van der Waals surface area contributed by atoms with Crippen molar-refractivity contribution in [2.75, 3.05) is 19.0 Å². The Morgan fingerprint density at radius 2 is 1.92 bits per heavy atom. The van der Waals surface area contributed by atoms with E-state index in [9.17, 15) is 24.3 Å². The number of thiol groups is 1. The van der Waals surface area contributed by atoms with Gasteiger partial charge in [-0.3, -0.25) is 14.9 Å². The SMILES string of the molecule is C/C1=C\C=C\C(C)C2(O)CC(OC(=O)N2)C(C)C2OC2(C)C(OC(=O)[C@H](C)N(C)C(=O)CCC(C)(C)S)CC(=O)N(C)c2cc(cc(C)c2Cl)C1. The molecule has 1 aromatic carbocycles. The summed E-state index contributed by atoms with van der Waals surface area (Å²) in [5, 5.41) is 14.7. The van der Waals surface area contributed by atoms with E-state index in [1.807, 2.05) is 71.9 Å². The van der Waals surface area contributed by atoms with Crippen LogP contribution in [0.2, 0.25) is 5.02 Å². The lowest BCUT2D eigenvalue weighted by Gasteiger charge is -2.41. The second kappa shape index (κ2) is 15.5. The molecule has 13 heteroatoms. The predicted octanol–water partition coefficient (Wildman–Crippen LogP) is 5.92.